The molecule has 0 fully saturated rings. The Morgan fingerprint density at radius 1 is 1.08 bits per heavy atom. The number of rotatable bonds is 1. The monoisotopic (exact) mass is 166 g/mol. The van der Waals surface area contributed by atoms with Gasteiger partial charge in [0.1, 0.15) is 5.76 Å². The van der Waals surface area contributed by atoms with Crippen molar-refractivity contribution < 1.29 is 4.42 Å². The van der Waals surface area contributed by atoms with Gasteiger partial charge in [-0.25, -0.2) is 0 Å². The summed E-state index contributed by atoms with van der Waals surface area (Å²) >= 11 is 0. The Hall–Kier alpha value is -0.720. The molecule has 1 aromatic rings. The average molecular weight is 166 g/mol. The summed E-state index contributed by atoms with van der Waals surface area (Å²) in [4.78, 5) is 0. The molecule has 1 rings (SSSR count). The molecule has 1 aromatic heterocycles. The zero-order valence-corrected chi connectivity index (χ0v) is 8.64. The van der Waals surface area contributed by atoms with Gasteiger partial charge in [0, 0.05) is 5.41 Å². The van der Waals surface area contributed by atoms with Gasteiger partial charge >= 0.3 is 0 Å². The van der Waals surface area contributed by atoms with Gasteiger partial charge in [-0.05, 0) is 17.5 Å². The van der Waals surface area contributed by atoms with Gasteiger partial charge < -0.3 is 4.42 Å². The topological polar surface area (TPSA) is 13.1 Å². The quantitative estimate of drug-likeness (QED) is 0.621. The van der Waals surface area contributed by atoms with E-state index in [1.54, 1.807) is 6.26 Å². The lowest BCUT2D eigenvalue weighted by Crippen LogP contribution is -2.33. The van der Waals surface area contributed by atoms with Gasteiger partial charge in [0.2, 0.25) is 0 Å². The minimum absolute atomic E-state index is 0.0938. The maximum atomic E-state index is 5.42. The van der Waals surface area contributed by atoms with Crippen LogP contribution in [0.2, 0.25) is 0 Å². The zero-order valence-electron chi connectivity index (χ0n) is 8.64. The van der Waals surface area contributed by atoms with Gasteiger partial charge in [-0.15, -0.1) is 0 Å². The molecule has 0 bridgehead atoms. The summed E-state index contributed by atoms with van der Waals surface area (Å²) in [6, 6.07) is 3.99. The van der Waals surface area contributed by atoms with E-state index in [1.165, 1.54) is 0 Å². The van der Waals surface area contributed by atoms with E-state index in [9.17, 15) is 0 Å². The molecule has 0 unspecified atom stereocenters. The second-order valence-electron chi connectivity index (χ2n) is 4.85. The summed E-state index contributed by atoms with van der Waals surface area (Å²) < 4.78 is 5.42. The minimum Gasteiger partial charge on any atom is -0.469 e. The summed E-state index contributed by atoms with van der Waals surface area (Å²) in [7, 11) is 0. The number of hydrogen-bond acceptors (Lipinski definition) is 1. The van der Waals surface area contributed by atoms with E-state index in [2.05, 4.69) is 34.6 Å². The molecule has 0 aliphatic heterocycles. The minimum atomic E-state index is 0.0938. The Bertz CT molecular complexity index is 236. The molecular weight excluding hydrogens is 148 g/mol. The first kappa shape index (κ1) is 9.37. The van der Waals surface area contributed by atoms with E-state index in [4.69, 9.17) is 4.42 Å². The Labute approximate surface area is 74.8 Å². The molecular formula is C11H18O. The van der Waals surface area contributed by atoms with E-state index < -0.39 is 0 Å². The molecule has 0 amide bonds. The van der Waals surface area contributed by atoms with Crippen molar-refractivity contribution in [2.75, 3.05) is 0 Å². The molecule has 12 heavy (non-hydrogen) atoms. The molecule has 0 saturated heterocycles. The molecule has 0 aliphatic rings. The van der Waals surface area contributed by atoms with Crippen molar-refractivity contribution in [3.8, 4) is 0 Å². The van der Waals surface area contributed by atoms with Crippen molar-refractivity contribution in [2.45, 2.75) is 40.0 Å². The fraction of sp³-hybridized carbons (Fsp3) is 0.636. The molecule has 1 heteroatoms. The Morgan fingerprint density at radius 3 is 2.00 bits per heavy atom. The van der Waals surface area contributed by atoms with E-state index >= 15 is 0 Å². The number of furan rings is 1. The largest absolute Gasteiger partial charge is 0.469 e. The molecule has 1 heterocycles. The van der Waals surface area contributed by atoms with Crippen LogP contribution in [-0.2, 0) is 5.41 Å². The van der Waals surface area contributed by atoms with E-state index in [-0.39, 0.29) is 10.8 Å². The standard InChI is InChI=1S/C11H18O/c1-10(2,3)11(4,5)9-7-6-8-12-9/h6-8H,1-5H3. The smallest absolute Gasteiger partial charge is 0.109 e. The maximum absolute atomic E-state index is 5.42. The van der Waals surface area contributed by atoms with Crippen LogP contribution >= 0.6 is 0 Å². The molecule has 0 aromatic carbocycles. The van der Waals surface area contributed by atoms with Crippen molar-refractivity contribution in [2.24, 2.45) is 5.41 Å². The van der Waals surface area contributed by atoms with Crippen molar-refractivity contribution in [3.63, 3.8) is 0 Å². The first-order valence-corrected chi connectivity index (χ1v) is 4.40. The summed E-state index contributed by atoms with van der Waals surface area (Å²) in [6.07, 6.45) is 1.74. The van der Waals surface area contributed by atoms with E-state index in [0.29, 0.717) is 0 Å². The van der Waals surface area contributed by atoms with E-state index in [0.717, 1.165) is 5.76 Å². The third-order valence-electron chi connectivity index (χ3n) is 3.01. The van der Waals surface area contributed by atoms with E-state index in [1.807, 2.05) is 12.1 Å². The lowest BCUT2D eigenvalue weighted by Gasteiger charge is -2.36. The second kappa shape index (κ2) is 2.65. The summed E-state index contributed by atoms with van der Waals surface area (Å²) in [5.41, 5.74) is 0.321. The highest BCUT2D eigenvalue weighted by atomic mass is 16.3. The van der Waals surface area contributed by atoms with Gasteiger partial charge in [0.05, 0.1) is 6.26 Å². The molecule has 1 nitrogen and oxygen atoms in total. The maximum Gasteiger partial charge on any atom is 0.109 e. The van der Waals surface area contributed by atoms with Crippen molar-refractivity contribution in [1.82, 2.24) is 0 Å². The second-order valence-corrected chi connectivity index (χ2v) is 4.85. The summed E-state index contributed by atoms with van der Waals surface area (Å²) in [6.45, 7) is 11.1. The molecule has 0 saturated carbocycles. The van der Waals surface area contributed by atoms with Crippen LogP contribution in [0.5, 0.6) is 0 Å². The molecule has 0 N–H and O–H groups in total. The van der Waals surface area contributed by atoms with Gasteiger partial charge in [-0.3, -0.25) is 0 Å². The molecule has 0 aliphatic carbocycles. The van der Waals surface area contributed by atoms with Gasteiger partial charge in [0.15, 0.2) is 0 Å². The number of hydrogen-bond donors (Lipinski definition) is 0. The van der Waals surface area contributed by atoms with Crippen LogP contribution in [0.15, 0.2) is 22.8 Å². The Kier molecular flexibility index (Phi) is 2.07. The first-order valence-electron chi connectivity index (χ1n) is 4.40. The first-order chi connectivity index (χ1) is 5.36. The lowest BCUT2D eigenvalue weighted by molar-refractivity contribution is 0.190. The average Bonchev–Trinajstić information content (AvgIpc) is 2.34. The van der Waals surface area contributed by atoms with Crippen LogP contribution in [0.25, 0.3) is 0 Å². The lowest BCUT2D eigenvalue weighted by atomic mass is 9.68. The Morgan fingerprint density at radius 2 is 1.67 bits per heavy atom. The van der Waals surface area contributed by atoms with Crippen LogP contribution < -0.4 is 0 Å². The van der Waals surface area contributed by atoms with Crippen molar-refractivity contribution in [1.29, 1.82) is 0 Å². The third-order valence-corrected chi connectivity index (χ3v) is 3.01. The molecule has 0 atom stereocenters. The Balaban J connectivity index is 3.02. The van der Waals surface area contributed by atoms with Crippen LogP contribution in [0.4, 0.5) is 0 Å². The van der Waals surface area contributed by atoms with Gasteiger partial charge in [-0.1, -0.05) is 34.6 Å². The highest BCUT2D eigenvalue weighted by Crippen LogP contribution is 2.40. The van der Waals surface area contributed by atoms with Crippen LogP contribution in [0.3, 0.4) is 0 Å². The van der Waals surface area contributed by atoms with Crippen LogP contribution in [0.1, 0.15) is 40.4 Å². The van der Waals surface area contributed by atoms with Crippen molar-refractivity contribution in [3.05, 3.63) is 24.2 Å². The SMILES string of the molecule is CC(C)(C)C(C)(C)c1ccco1. The highest BCUT2D eigenvalue weighted by Gasteiger charge is 2.36. The fourth-order valence-electron chi connectivity index (χ4n) is 1.00. The normalized spacial score (nSPS) is 13.4. The predicted molar refractivity (Wildman–Crippen MR) is 51.2 cm³/mol. The highest BCUT2D eigenvalue weighted by molar-refractivity contribution is 5.14. The molecule has 68 valence electrons. The van der Waals surface area contributed by atoms with Gasteiger partial charge in [-0.2, -0.15) is 0 Å². The zero-order chi connectivity index (χ0) is 9.41. The predicted octanol–water partition coefficient (Wildman–Crippen LogP) is 3.60. The van der Waals surface area contributed by atoms with Crippen LogP contribution in [-0.4, -0.2) is 0 Å². The summed E-state index contributed by atoms with van der Waals surface area (Å²) in [5, 5.41) is 0. The summed E-state index contributed by atoms with van der Waals surface area (Å²) in [5.74, 6) is 1.06. The van der Waals surface area contributed by atoms with Crippen molar-refractivity contribution >= 4 is 0 Å². The fourth-order valence-corrected chi connectivity index (χ4v) is 1.00. The molecule has 0 radical (unpaired) electrons. The third kappa shape index (κ3) is 1.40. The molecule has 0 spiro atoms. The van der Waals surface area contributed by atoms with Crippen LogP contribution in [0, 0.1) is 5.41 Å². The van der Waals surface area contributed by atoms with Gasteiger partial charge in [0.25, 0.3) is 0 Å².